The Morgan fingerprint density at radius 1 is 1.37 bits per heavy atom. The average molecular weight is 262 g/mol. The number of hydrogen-bond donors (Lipinski definition) is 1. The highest BCUT2D eigenvalue weighted by atomic mass is 16.5. The van der Waals surface area contributed by atoms with E-state index in [2.05, 4.69) is 20.8 Å². The number of ether oxygens (including phenoxy) is 1. The van der Waals surface area contributed by atoms with E-state index < -0.39 is 0 Å². The third-order valence-electron chi connectivity index (χ3n) is 4.22. The normalized spacial score (nSPS) is 22.2. The lowest BCUT2D eigenvalue weighted by Crippen LogP contribution is -2.18. The van der Waals surface area contributed by atoms with Gasteiger partial charge in [-0.05, 0) is 48.3 Å². The van der Waals surface area contributed by atoms with E-state index in [0.717, 1.165) is 24.0 Å². The van der Waals surface area contributed by atoms with E-state index in [9.17, 15) is 9.90 Å². The molecular formula is C16H22O3. The summed E-state index contributed by atoms with van der Waals surface area (Å²) < 4.78 is 4.75. The van der Waals surface area contributed by atoms with Crippen molar-refractivity contribution in [2.45, 2.75) is 45.4 Å². The number of phenols is 1. The number of carbonyl (C=O) groups excluding carboxylic acids is 1. The predicted octanol–water partition coefficient (Wildman–Crippen LogP) is 3.82. The molecular weight excluding hydrogens is 240 g/mol. The second-order valence-corrected chi connectivity index (χ2v) is 5.82. The van der Waals surface area contributed by atoms with Crippen LogP contribution in [-0.2, 0) is 4.74 Å². The van der Waals surface area contributed by atoms with Crippen molar-refractivity contribution in [3.63, 3.8) is 0 Å². The van der Waals surface area contributed by atoms with Gasteiger partial charge in [0.15, 0.2) is 0 Å². The lowest BCUT2D eigenvalue weighted by Gasteiger charge is -2.33. The molecule has 0 spiro atoms. The van der Waals surface area contributed by atoms with Crippen LogP contribution in [0.4, 0.5) is 0 Å². The number of hydrogen-bond acceptors (Lipinski definition) is 3. The molecule has 0 amide bonds. The van der Waals surface area contributed by atoms with Crippen LogP contribution in [0.1, 0.15) is 66.9 Å². The molecule has 0 aliphatic heterocycles. The van der Waals surface area contributed by atoms with Gasteiger partial charge in [0.25, 0.3) is 0 Å². The van der Waals surface area contributed by atoms with E-state index in [-0.39, 0.29) is 11.7 Å². The number of carbonyl (C=O) groups is 1. The average Bonchev–Trinajstić information content (AvgIpc) is 2.37. The first-order valence-electron chi connectivity index (χ1n) is 6.90. The first-order valence-corrected chi connectivity index (χ1v) is 6.90. The van der Waals surface area contributed by atoms with Crippen LogP contribution >= 0.6 is 0 Å². The van der Waals surface area contributed by atoms with Gasteiger partial charge in [0.2, 0.25) is 0 Å². The smallest absolute Gasteiger partial charge is 0.337 e. The molecule has 19 heavy (non-hydrogen) atoms. The van der Waals surface area contributed by atoms with Crippen LogP contribution in [0.15, 0.2) is 12.1 Å². The van der Waals surface area contributed by atoms with Crippen molar-refractivity contribution in [3.8, 4) is 5.75 Å². The SMILES string of the molecule is COC(=O)c1cc(O)c2c(c1)[C@@H](C(C)C)CC[C@H]2C. The van der Waals surface area contributed by atoms with E-state index in [0.29, 0.717) is 23.3 Å². The van der Waals surface area contributed by atoms with Gasteiger partial charge in [-0.15, -0.1) is 0 Å². The van der Waals surface area contributed by atoms with E-state index in [4.69, 9.17) is 4.74 Å². The molecule has 3 nitrogen and oxygen atoms in total. The molecule has 0 heterocycles. The Hall–Kier alpha value is -1.51. The van der Waals surface area contributed by atoms with Gasteiger partial charge < -0.3 is 9.84 Å². The van der Waals surface area contributed by atoms with E-state index in [1.807, 2.05) is 6.07 Å². The zero-order chi connectivity index (χ0) is 14.2. The van der Waals surface area contributed by atoms with Crippen molar-refractivity contribution in [3.05, 3.63) is 28.8 Å². The van der Waals surface area contributed by atoms with E-state index in [1.54, 1.807) is 0 Å². The number of fused-ring (bicyclic) bond motifs is 1. The third-order valence-corrected chi connectivity index (χ3v) is 4.22. The Kier molecular flexibility index (Phi) is 3.83. The van der Waals surface area contributed by atoms with E-state index >= 15 is 0 Å². The minimum atomic E-state index is -0.390. The molecule has 2 atom stereocenters. The lowest BCUT2D eigenvalue weighted by atomic mass is 9.72. The maximum absolute atomic E-state index is 11.7. The lowest BCUT2D eigenvalue weighted by molar-refractivity contribution is 0.0600. The molecule has 1 aliphatic carbocycles. The molecule has 0 fully saturated rings. The molecule has 0 saturated heterocycles. The predicted molar refractivity (Wildman–Crippen MR) is 74.7 cm³/mol. The fourth-order valence-electron chi connectivity index (χ4n) is 3.16. The van der Waals surface area contributed by atoms with Gasteiger partial charge in [-0.1, -0.05) is 20.8 Å². The van der Waals surface area contributed by atoms with Gasteiger partial charge in [0.05, 0.1) is 12.7 Å². The standard InChI is InChI=1S/C16H22O3/c1-9(2)12-6-5-10(3)15-13(12)7-11(8-14(15)17)16(18)19-4/h7-10,12,17H,5-6H2,1-4H3/t10-,12-/m1/s1. The van der Waals surface area contributed by atoms with Gasteiger partial charge in [-0.2, -0.15) is 0 Å². The summed E-state index contributed by atoms with van der Waals surface area (Å²) in [5, 5.41) is 10.2. The van der Waals surface area contributed by atoms with Crippen molar-refractivity contribution < 1.29 is 14.6 Å². The van der Waals surface area contributed by atoms with Crippen LogP contribution in [0.5, 0.6) is 5.75 Å². The number of esters is 1. The molecule has 0 aromatic heterocycles. The van der Waals surface area contributed by atoms with Gasteiger partial charge in [0.1, 0.15) is 5.75 Å². The van der Waals surface area contributed by atoms with Crippen molar-refractivity contribution in [1.29, 1.82) is 0 Å². The Morgan fingerprint density at radius 2 is 2.05 bits per heavy atom. The Balaban J connectivity index is 2.57. The quantitative estimate of drug-likeness (QED) is 0.824. The largest absolute Gasteiger partial charge is 0.508 e. The Labute approximate surface area is 114 Å². The second-order valence-electron chi connectivity index (χ2n) is 5.82. The van der Waals surface area contributed by atoms with Crippen molar-refractivity contribution in [2.75, 3.05) is 7.11 Å². The van der Waals surface area contributed by atoms with Crippen LogP contribution < -0.4 is 0 Å². The summed E-state index contributed by atoms with van der Waals surface area (Å²) >= 11 is 0. The first kappa shape index (κ1) is 13.9. The summed E-state index contributed by atoms with van der Waals surface area (Å²) in [7, 11) is 1.36. The van der Waals surface area contributed by atoms with Crippen molar-refractivity contribution in [2.24, 2.45) is 5.92 Å². The molecule has 0 unspecified atom stereocenters. The number of rotatable bonds is 2. The van der Waals surface area contributed by atoms with Crippen LogP contribution in [0.3, 0.4) is 0 Å². The van der Waals surface area contributed by atoms with Gasteiger partial charge in [-0.3, -0.25) is 0 Å². The zero-order valence-electron chi connectivity index (χ0n) is 12.1. The summed E-state index contributed by atoms with van der Waals surface area (Å²) in [5.74, 6) is 1.09. The Bertz CT molecular complexity index is 491. The summed E-state index contributed by atoms with van der Waals surface area (Å²) in [6.07, 6.45) is 2.19. The maximum atomic E-state index is 11.7. The second kappa shape index (κ2) is 5.24. The summed E-state index contributed by atoms with van der Waals surface area (Å²) in [6.45, 7) is 6.51. The van der Waals surface area contributed by atoms with Gasteiger partial charge >= 0.3 is 5.97 Å². The van der Waals surface area contributed by atoms with Gasteiger partial charge in [-0.25, -0.2) is 4.79 Å². The van der Waals surface area contributed by atoms with E-state index in [1.165, 1.54) is 13.2 Å². The molecule has 1 aromatic rings. The molecule has 0 bridgehead atoms. The molecule has 0 saturated carbocycles. The Morgan fingerprint density at radius 3 is 2.63 bits per heavy atom. The number of benzene rings is 1. The highest BCUT2D eigenvalue weighted by Crippen LogP contribution is 2.46. The fourth-order valence-corrected chi connectivity index (χ4v) is 3.16. The minimum Gasteiger partial charge on any atom is -0.508 e. The van der Waals surface area contributed by atoms with Crippen molar-refractivity contribution in [1.82, 2.24) is 0 Å². The monoisotopic (exact) mass is 262 g/mol. The molecule has 2 rings (SSSR count). The first-order chi connectivity index (χ1) is 8.95. The third kappa shape index (κ3) is 2.46. The highest BCUT2D eigenvalue weighted by Gasteiger charge is 2.30. The number of phenolic OH excluding ortho intramolecular Hbond substituents is 1. The van der Waals surface area contributed by atoms with Crippen LogP contribution in [-0.4, -0.2) is 18.2 Å². The van der Waals surface area contributed by atoms with Crippen LogP contribution in [0, 0.1) is 5.92 Å². The molecule has 3 heteroatoms. The summed E-state index contributed by atoms with van der Waals surface area (Å²) in [6, 6.07) is 3.44. The number of methoxy groups -OCH3 is 1. The van der Waals surface area contributed by atoms with Crippen molar-refractivity contribution >= 4 is 5.97 Å². The van der Waals surface area contributed by atoms with Gasteiger partial charge in [0, 0.05) is 5.56 Å². The molecule has 1 aromatic carbocycles. The molecule has 0 radical (unpaired) electrons. The molecule has 104 valence electrons. The molecule has 1 aliphatic rings. The molecule has 1 N–H and O–H groups in total. The minimum absolute atomic E-state index is 0.232. The maximum Gasteiger partial charge on any atom is 0.337 e. The van der Waals surface area contributed by atoms with Crippen LogP contribution in [0.2, 0.25) is 0 Å². The topological polar surface area (TPSA) is 46.5 Å². The zero-order valence-corrected chi connectivity index (χ0v) is 12.1. The highest BCUT2D eigenvalue weighted by molar-refractivity contribution is 5.90. The number of aromatic hydroxyl groups is 1. The van der Waals surface area contributed by atoms with Crippen LogP contribution in [0.25, 0.3) is 0 Å². The fraction of sp³-hybridized carbons (Fsp3) is 0.562. The summed E-state index contributed by atoms with van der Waals surface area (Å²) in [4.78, 5) is 11.7. The summed E-state index contributed by atoms with van der Waals surface area (Å²) in [5.41, 5.74) is 2.57.